The van der Waals surface area contributed by atoms with Gasteiger partial charge in [0.05, 0.1) is 17.0 Å². The summed E-state index contributed by atoms with van der Waals surface area (Å²) in [5.74, 6) is -1.10. The van der Waals surface area contributed by atoms with E-state index in [2.05, 4.69) is 0 Å². The van der Waals surface area contributed by atoms with Gasteiger partial charge in [-0.05, 0) is 36.3 Å². The molecule has 25 heavy (non-hydrogen) atoms. The van der Waals surface area contributed by atoms with E-state index in [9.17, 15) is 9.59 Å². The summed E-state index contributed by atoms with van der Waals surface area (Å²) in [6.07, 6.45) is 1.74. The zero-order chi connectivity index (χ0) is 18.0. The van der Waals surface area contributed by atoms with Crippen molar-refractivity contribution in [3.05, 3.63) is 75.7 Å². The van der Waals surface area contributed by atoms with Crippen LogP contribution in [-0.2, 0) is 11.3 Å². The molecule has 6 heteroatoms. The van der Waals surface area contributed by atoms with Crippen LogP contribution in [0, 0.1) is 6.92 Å². The highest BCUT2D eigenvalue weighted by molar-refractivity contribution is 8.26. The Morgan fingerprint density at radius 2 is 1.96 bits per heavy atom. The summed E-state index contributed by atoms with van der Waals surface area (Å²) in [4.78, 5) is 25.7. The molecule has 2 aromatic rings. The minimum atomic E-state index is -0.976. The fraction of sp³-hybridized carbons (Fsp3) is 0.105. The lowest BCUT2D eigenvalue weighted by molar-refractivity contribution is -0.122. The van der Waals surface area contributed by atoms with Gasteiger partial charge in [-0.3, -0.25) is 9.69 Å². The number of thiocarbonyl (C=S) groups is 1. The van der Waals surface area contributed by atoms with E-state index in [0.717, 1.165) is 16.7 Å². The van der Waals surface area contributed by atoms with E-state index in [-0.39, 0.29) is 11.5 Å². The number of hydrogen-bond donors (Lipinski definition) is 1. The second-order valence-corrected chi connectivity index (χ2v) is 7.36. The van der Waals surface area contributed by atoms with Gasteiger partial charge in [0.15, 0.2) is 0 Å². The van der Waals surface area contributed by atoms with Gasteiger partial charge in [-0.2, -0.15) is 0 Å². The summed E-state index contributed by atoms with van der Waals surface area (Å²) in [6, 6.07) is 14.4. The highest BCUT2D eigenvalue weighted by Gasteiger charge is 2.31. The predicted molar refractivity (Wildman–Crippen MR) is 103 cm³/mol. The first-order valence-electron chi connectivity index (χ1n) is 7.58. The Kier molecular flexibility index (Phi) is 5.01. The third-order valence-electron chi connectivity index (χ3n) is 3.75. The first kappa shape index (κ1) is 17.4. The lowest BCUT2D eigenvalue weighted by atomic mass is 10.1. The van der Waals surface area contributed by atoms with Crippen molar-refractivity contribution in [2.45, 2.75) is 13.5 Å². The summed E-state index contributed by atoms with van der Waals surface area (Å²) in [6.45, 7) is 2.45. The Morgan fingerprint density at radius 1 is 1.24 bits per heavy atom. The number of nitrogens with zero attached hydrogens (tertiary/aromatic N) is 1. The van der Waals surface area contributed by atoms with Crippen LogP contribution in [0.3, 0.4) is 0 Å². The van der Waals surface area contributed by atoms with Gasteiger partial charge in [-0.15, -0.1) is 0 Å². The van der Waals surface area contributed by atoms with E-state index in [4.69, 9.17) is 17.3 Å². The molecule has 1 aliphatic rings. The normalized spacial score (nSPS) is 15.9. The predicted octanol–water partition coefficient (Wildman–Crippen LogP) is 4.09. The van der Waals surface area contributed by atoms with Gasteiger partial charge in [0, 0.05) is 0 Å². The number of amides is 1. The number of thioether (sulfide) groups is 1. The van der Waals surface area contributed by atoms with Gasteiger partial charge >= 0.3 is 5.97 Å². The summed E-state index contributed by atoms with van der Waals surface area (Å²) in [5, 5.41) is 8.93. The Labute approximate surface area is 155 Å². The topological polar surface area (TPSA) is 57.6 Å². The summed E-state index contributed by atoms with van der Waals surface area (Å²) >= 11 is 6.61. The standard InChI is InChI=1S/C19H15NO3S2/c1-12-3-2-4-14(9-12)11-20-17(21)16(25-19(20)24)10-13-5-7-15(8-6-13)18(22)23/h2-10H,11H2,1H3,(H,22,23)/b16-10+. The zero-order valence-corrected chi connectivity index (χ0v) is 15.1. The largest absolute Gasteiger partial charge is 0.478 e. The molecule has 126 valence electrons. The molecule has 0 unspecified atom stereocenters. The number of benzene rings is 2. The van der Waals surface area contributed by atoms with E-state index in [1.165, 1.54) is 23.9 Å². The number of aryl methyl sites for hydroxylation is 1. The van der Waals surface area contributed by atoms with Gasteiger partial charge in [-0.25, -0.2) is 4.79 Å². The van der Waals surface area contributed by atoms with Crippen molar-refractivity contribution in [1.82, 2.24) is 4.90 Å². The molecule has 4 nitrogen and oxygen atoms in total. The second-order valence-electron chi connectivity index (χ2n) is 5.68. The van der Waals surface area contributed by atoms with Crippen molar-refractivity contribution in [3.63, 3.8) is 0 Å². The minimum absolute atomic E-state index is 0.126. The summed E-state index contributed by atoms with van der Waals surface area (Å²) < 4.78 is 0.528. The summed E-state index contributed by atoms with van der Waals surface area (Å²) in [5.41, 5.74) is 3.14. The van der Waals surface area contributed by atoms with Crippen LogP contribution in [0.1, 0.15) is 27.0 Å². The van der Waals surface area contributed by atoms with Gasteiger partial charge in [-0.1, -0.05) is 65.9 Å². The lowest BCUT2D eigenvalue weighted by Crippen LogP contribution is -2.27. The van der Waals surface area contributed by atoms with Crippen molar-refractivity contribution in [3.8, 4) is 0 Å². The first-order chi connectivity index (χ1) is 11.9. The van der Waals surface area contributed by atoms with Crippen LogP contribution in [-0.4, -0.2) is 26.2 Å². The maximum Gasteiger partial charge on any atom is 0.335 e. The highest BCUT2D eigenvalue weighted by Crippen LogP contribution is 2.33. The van der Waals surface area contributed by atoms with E-state index < -0.39 is 5.97 Å². The average molecular weight is 369 g/mol. The number of carbonyl (C=O) groups excluding carboxylic acids is 1. The Balaban J connectivity index is 1.79. The van der Waals surface area contributed by atoms with Crippen LogP contribution < -0.4 is 0 Å². The molecule has 1 N–H and O–H groups in total. The molecule has 3 rings (SSSR count). The molecular weight excluding hydrogens is 354 g/mol. The van der Waals surface area contributed by atoms with E-state index in [1.807, 2.05) is 31.2 Å². The van der Waals surface area contributed by atoms with Crippen LogP contribution in [0.4, 0.5) is 0 Å². The highest BCUT2D eigenvalue weighted by atomic mass is 32.2. The lowest BCUT2D eigenvalue weighted by Gasteiger charge is -2.14. The van der Waals surface area contributed by atoms with Gasteiger partial charge in [0.25, 0.3) is 5.91 Å². The second kappa shape index (κ2) is 7.21. The molecule has 0 radical (unpaired) electrons. The third kappa shape index (κ3) is 3.97. The van der Waals surface area contributed by atoms with Crippen LogP contribution in [0.2, 0.25) is 0 Å². The number of rotatable bonds is 4. The fourth-order valence-corrected chi connectivity index (χ4v) is 3.76. The van der Waals surface area contributed by atoms with E-state index in [0.29, 0.717) is 15.8 Å². The maximum absolute atomic E-state index is 12.6. The average Bonchev–Trinajstić information content (AvgIpc) is 2.83. The molecular formula is C19H15NO3S2. The monoisotopic (exact) mass is 369 g/mol. The molecule has 0 aromatic heterocycles. The van der Waals surface area contributed by atoms with Crippen molar-refractivity contribution in [1.29, 1.82) is 0 Å². The van der Waals surface area contributed by atoms with E-state index in [1.54, 1.807) is 23.1 Å². The molecule has 1 fully saturated rings. The first-order valence-corrected chi connectivity index (χ1v) is 8.81. The molecule has 1 heterocycles. The quantitative estimate of drug-likeness (QED) is 0.650. The van der Waals surface area contributed by atoms with Gasteiger partial charge < -0.3 is 5.11 Å². The Morgan fingerprint density at radius 3 is 2.60 bits per heavy atom. The SMILES string of the molecule is Cc1cccc(CN2C(=O)/C(=C\c3ccc(C(=O)O)cc3)SC2=S)c1. The van der Waals surface area contributed by atoms with Gasteiger partial charge in [0.1, 0.15) is 4.32 Å². The van der Waals surface area contributed by atoms with Crippen LogP contribution in [0.25, 0.3) is 6.08 Å². The van der Waals surface area contributed by atoms with Crippen molar-refractivity contribution < 1.29 is 14.7 Å². The molecule has 1 aliphatic heterocycles. The smallest absolute Gasteiger partial charge is 0.335 e. The van der Waals surface area contributed by atoms with Crippen molar-refractivity contribution in [2.24, 2.45) is 0 Å². The molecule has 0 bridgehead atoms. The zero-order valence-electron chi connectivity index (χ0n) is 13.4. The molecule has 0 aliphatic carbocycles. The molecule has 1 saturated heterocycles. The summed E-state index contributed by atoms with van der Waals surface area (Å²) in [7, 11) is 0. The van der Waals surface area contributed by atoms with Crippen LogP contribution in [0.15, 0.2) is 53.4 Å². The number of hydrogen-bond acceptors (Lipinski definition) is 4. The van der Waals surface area contributed by atoms with Crippen LogP contribution in [0.5, 0.6) is 0 Å². The molecule has 2 aromatic carbocycles. The number of carbonyl (C=O) groups is 2. The number of aromatic carboxylic acids is 1. The molecule has 0 saturated carbocycles. The molecule has 1 amide bonds. The Bertz CT molecular complexity index is 888. The third-order valence-corrected chi connectivity index (χ3v) is 5.13. The van der Waals surface area contributed by atoms with E-state index >= 15 is 0 Å². The van der Waals surface area contributed by atoms with Crippen molar-refractivity contribution in [2.75, 3.05) is 0 Å². The maximum atomic E-state index is 12.6. The Hall–Kier alpha value is -2.44. The minimum Gasteiger partial charge on any atom is -0.478 e. The molecule has 0 atom stereocenters. The van der Waals surface area contributed by atoms with Gasteiger partial charge in [0.2, 0.25) is 0 Å². The molecule has 0 spiro atoms. The van der Waals surface area contributed by atoms with Crippen molar-refractivity contribution >= 4 is 46.3 Å². The van der Waals surface area contributed by atoms with Crippen LogP contribution >= 0.6 is 24.0 Å². The number of carboxylic acid groups (broad SMARTS) is 1. The number of carboxylic acids is 1. The fourth-order valence-electron chi connectivity index (χ4n) is 2.50.